The van der Waals surface area contributed by atoms with Crippen LogP contribution in [0, 0.1) is 6.92 Å². The first-order chi connectivity index (χ1) is 14.0. The highest BCUT2D eigenvalue weighted by Crippen LogP contribution is 2.17. The Kier molecular flexibility index (Phi) is 9.02. The van der Waals surface area contributed by atoms with Gasteiger partial charge in [0.1, 0.15) is 5.75 Å². The van der Waals surface area contributed by atoms with Crippen LogP contribution in [-0.4, -0.2) is 31.6 Å². The molecule has 1 atom stereocenters. The topological polar surface area (TPSA) is 74.8 Å². The van der Waals surface area contributed by atoms with Gasteiger partial charge in [0.2, 0.25) is 0 Å². The fraction of sp³-hybridized carbons (Fsp3) is 0.391. The molecule has 29 heavy (non-hydrogen) atoms. The molecule has 0 spiro atoms. The highest BCUT2D eigenvalue weighted by molar-refractivity contribution is 5.80. The average Bonchev–Trinajstić information content (AvgIpc) is 2.71. The Bertz CT molecular complexity index is 820. The third kappa shape index (κ3) is 7.49. The van der Waals surface area contributed by atoms with Crippen LogP contribution < -0.4 is 20.7 Å². The van der Waals surface area contributed by atoms with Crippen LogP contribution in [-0.2, 0) is 11.3 Å². The predicted molar refractivity (Wildman–Crippen MR) is 118 cm³/mol. The number of aryl methyl sites for hydroxylation is 1. The Morgan fingerprint density at radius 1 is 1.07 bits per heavy atom. The maximum atomic E-state index is 11.6. The summed E-state index contributed by atoms with van der Waals surface area (Å²) in [6.07, 6.45) is 0. The third-order valence-electron chi connectivity index (χ3n) is 4.41. The van der Waals surface area contributed by atoms with Crippen molar-refractivity contribution in [2.45, 2.75) is 40.3 Å². The molecule has 0 aromatic heterocycles. The lowest BCUT2D eigenvalue weighted by Gasteiger charge is -2.19. The minimum Gasteiger partial charge on any atom is -0.484 e. The maximum absolute atomic E-state index is 11.6. The largest absolute Gasteiger partial charge is 0.484 e. The number of amides is 1. The fourth-order valence-corrected chi connectivity index (χ4v) is 2.98. The summed E-state index contributed by atoms with van der Waals surface area (Å²) in [5.41, 5.74) is 3.51. The van der Waals surface area contributed by atoms with Gasteiger partial charge in [0, 0.05) is 13.1 Å². The van der Waals surface area contributed by atoms with E-state index in [2.05, 4.69) is 48.0 Å². The quantitative estimate of drug-likeness (QED) is 0.449. The normalized spacial score (nSPS) is 12.2. The van der Waals surface area contributed by atoms with Crippen LogP contribution in [0.25, 0.3) is 0 Å². The number of guanidine groups is 1. The number of aliphatic imine (C=N–C) groups is 1. The van der Waals surface area contributed by atoms with Crippen molar-refractivity contribution in [3.63, 3.8) is 0 Å². The molecule has 1 unspecified atom stereocenters. The number of hydrogen-bond donors (Lipinski definition) is 3. The summed E-state index contributed by atoms with van der Waals surface area (Å²) in [5, 5.41) is 9.48. The SMILES string of the molecule is CCNC(=O)COc1cccc(CN=C(NCC)NC(C)c2ccccc2C)c1. The molecule has 0 fully saturated rings. The monoisotopic (exact) mass is 396 g/mol. The van der Waals surface area contributed by atoms with E-state index in [9.17, 15) is 4.79 Å². The van der Waals surface area contributed by atoms with Crippen LogP contribution >= 0.6 is 0 Å². The first-order valence-electron chi connectivity index (χ1n) is 10.1. The van der Waals surface area contributed by atoms with E-state index in [1.807, 2.05) is 44.2 Å². The molecule has 6 nitrogen and oxygen atoms in total. The molecule has 0 saturated heterocycles. The van der Waals surface area contributed by atoms with Crippen LogP contribution in [0.4, 0.5) is 0 Å². The van der Waals surface area contributed by atoms with Crippen LogP contribution in [0.15, 0.2) is 53.5 Å². The lowest BCUT2D eigenvalue weighted by molar-refractivity contribution is -0.122. The second-order valence-electron chi connectivity index (χ2n) is 6.81. The molecular formula is C23H32N4O2. The molecule has 6 heteroatoms. The number of nitrogens with one attached hydrogen (secondary N) is 3. The van der Waals surface area contributed by atoms with E-state index in [1.165, 1.54) is 11.1 Å². The second kappa shape index (κ2) is 11.7. The fourth-order valence-electron chi connectivity index (χ4n) is 2.98. The summed E-state index contributed by atoms with van der Waals surface area (Å²) in [5.74, 6) is 1.30. The number of nitrogens with zero attached hydrogens (tertiary/aromatic N) is 1. The minimum absolute atomic E-state index is 0.0126. The number of carbonyl (C=O) groups is 1. The Morgan fingerprint density at radius 2 is 1.83 bits per heavy atom. The summed E-state index contributed by atoms with van der Waals surface area (Å²) in [6, 6.07) is 16.2. The standard InChI is InChI=1S/C23H32N4O2/c1-5-24-22(28)16-29-20-12-9-11-19(14-20)15-26-23(25-6-2)27-18(4)21-13-8-7-10-17(21)3/h7-14,18H,5-6,15-16H2,1-4H3,(H,24,28)(H2,25,26,27). The molecule has 3 N–H and O–H groups in total. The molecular weight excluding hydrogens is 364 g/mol. The molecule has 0 heterocycles. The van der Waals surface area contributed by atoms with E-state index in [1.54, 1.807) is 0 Å². The lowest BCUT2D eigenvalue weighted by atomic mass is 10.0. The molecule has 2 aromatic rings. The number of rotatable bonds is 9. The molecule has 2 rings (SSSR count). The molecule has 2 aromatic carbocycles. The Labute approximate surface area is 173 Å². The lowest BCUT2D eigenvalue weighted by Crippen LogP contribution is -2.38. The van der Waals surface area contributed by atoms with Crippen molar-refractivity contribution >= 4 is 11.9 Å². The average molecular weight is 397 g/mol. The molecule has 0 bridgehead atoms. The van der Waals surface area contributed by atoms with Crippen LogP contribution in [0.1, 0.15) is 43.5 Å². The molecule has 0 aliphatic carbocycles. The van der Waals surface area contributed by atoms with E-state index >= 15 is 0 Å². The molecule has 0 aliphatic rings. The first-order valence-corrected chi connectivity index (χ1v) is 10.1. The molecule has 0 saturated carbocycles. The van der Waals surface area contributed by atoms with Gasteiger partial charge in [-0.3, -0.25) is 4.79 Å². The number of likely N-dealkylation sites (N-methyl/N-ethyl adjacent to an activating group) is 1. The second-order valence-corrected chi connectivity index (χ2v) is 6.81. The van der Waals surface area contributed by atoms with Gasteiger partial charge < -0.3 is 20.7 Å². The Morgan fingerprint density at radius 3 is 2.55 bits per heavy atom. The van der Waals surface area contributed by atoms with Gasteiger partial charge in [0.25, 0.3) is 5.91 Å². The number of hydrogen-bond acceptors (Lipinski definition) is 3. The van der Waals surface area contributed by atoms with Crippen LogP contribution in [0.2, 0.25) is 0 Å². The van der Waals surface area contributed by atoms with Gasteiger partial charge in [0.05, 0.1) is 12.6 Å². The Balaban J connectivity index is 2.01. The molecule has 0 radical (unpaired) electrons. The summed E-state index contributed by atoms with van der Waals surface area (Å²) < 4.78 is 5.56. The van der Waals surface area contributed by atoms with Gasteiger partial charge in [-0.15, -0.1) is 0 Å². The van der Waals surface area contributed by atoms with Crippen molar-refractivity contribution in [2.75, 3.05) is 19.7 Å². The van der Waals surface area contributed by atoms with Gasteiger partial charge in [-0.1, -0.05) is 36.4 Å². The van der Waals surface area contributed by atoms with E-state index in [0.29, 0.717) is 18.8 Å². The van der Waals surface area contributed by atoms with Gasteiger partial charge in [0.15, 0.2) is 12.6 Å². The number of benzene rings is 2. The van der Waals surface area contributed by atoms with Gasteiger partial charge in [-0.05, 0) is 56.5 Å². The van der Waals surface area contributed by atoms with Crippen molar-refractivity contribution in [2.24, 2.45) is 4.99 Å². The van der Waals surface area contributed by atoms with Gasteiger partial charge in [-0.25, -0.2) is 4.99 Å². The number of ether oxygens (including phenoxy) is 1. The number of carbonyl (C=O) groups excluding carboxylic acids is 1. The van der Waals surface area contributed by atoms with Crippen molar-refractivity contribution in [1.29, 1.82) is 0 Å². The van der Waals surface area contributed by atoms with Crippen molar-refractivity contribution < 1.29 is 9.53 Å². The zero-order chi connectivity index (χ0) is 21.1. The van der Waals surface area contributed by atoms with Crippen molar-refractivity contribution in [1.82, 2.24) is 16.0 Å². The highest BCUT2D eigenvalue weighted by atomic mass is 16.5. The van der Waals surface area contributed by atoms with E-state index < -0.39 is 0 Å². The predicted octanol–water partition coefficient (Wildman–Crippen LogP) is 3.33. The van der Waals surface area contributed by atoms with E-state index in [0.717, 1.165) is 18.1 Å². The zero-order valence-electron chi connectivity index (χ0n) is 17.8. The maximum Gasteiger partial charge on any atom is 0.257 e. The van der Waals surface area contributed by atoms with Crippen molar-refractivity contribution in [3.8, 4) is 5.75 Å². The molecule has 156 valence electrons. The summed E-state index contributed by atoms with van der Waals surface area (Å²) in [7, 11) is 0. The summed E-state index contributed by atoms with van der Waals surface area (Å²) >= 11 is 0. The summed E-state index contributed by atoms with van der Waals surface area (Å²) in [4.78, 5) is 16.3. The third-order valence-corrected chi connectivity index (χ3v) is 4.41. The first kappa shape index (κ1) is 22.3. The summed E-state index contributed by atoms with van der Waals surface area (Å²) in [6.45, 7) is 10.1. The van der Waals surface area contributed by atoms with Crippen molar-refractivity contribution in [3.05, 3.63) is 65.2 Å². The Hall–Kier alpha value is -3.02. The molecule has 1 amide bonds. The van der Waals surface area contributed by atoms with E-state index in [-0.39, 0.29) is 18.6 Å². The molecule has 0 aliphatic heterocycles. The van der Waals surface area contributed by atoms with Crippen LogP contribution in [0.5, 0.6) is 5.75 Å². The van der Waals surface area contributed by atoms with Gasteiger partial charge >= 0.3 is 0 Å². The van der Waals surface area contributed by atoms with Gasteiger partial charge in [-0.2, -0.15) is 0 Å². The van der Waals surface area contributed by atoms with Crippen LogP contribution in [0.3, 0.4) is 0 Å². The minimum atomic E-state index is -0.125. The smallest absolute Gasteiger partial charge is 0.257 e. The zero-order valence-corrected chi connectivity index (χ0v) is 17.8. The van der Waals surface area contributed by atoms with E-state index in [4.69, 9.17) is 9.73 Å². The highest BCUT2D eigenvalue weighted by Gasteiger charge is 2.10.